The highest BCUT2D eigenvalue weighted by atomic mass is 79.9. The Morgan fingerprint density at radius 1 is 1.32 bits per heavy atom. The van der Waals surface area contributed by atoms with Crippen molar-refractivity contribution in [2.45, 2.75) is 19.4 Å². The predicted molar refractivity (Wildman–Crippen MR) is 80.3 cm³/mol. The Balaban J connectivity index is 2.22. The van der Waals surface area contributed by atoms with Gasteiger partial charge in [-0.2, -0.15) is 0 Å². The average Bonchev–Trinajstić information content (AvgIpc) is 2.38. The van der Waals surface area contributed by atoms with E-state index in [4.69, 9.17) is 10.5 Å². The summed E-state index contributed by atoms with van der Waals surface area (Å²) in [6, 6.07) is 8.02. The smallest absolute Gasteiger partial charge is 0.123 e. The maximum absolute atomic E-state index is 6.28. The molecule has 0 radical (unpaired) electrons. The van der Waals surface area contributed by atoms with E-state index in [1.54, 1.807) is 13.3 Å². The zero-order valence-electron chi connectivity index (χ0n) is 11.1. The second-order valence-corrected chi connectivity index (χ2v) is 5.48. The summed E-state index contributed by atoms with van der Waals surface area (Å²) in [5.74, 6) is 0.843. The molecule has 2 aromatic rings. The maximum atomic E-state index is 6.28. The van der Waals surface area contributed by atoms with Crippen LogP contribution in [0.3, 0.4) is 0 Å². The number of methoxy groups -OCH3 is 1. The Hall–Kier alpha value is -1.39. The third-order valence-corrected chi connectivity index (χ3v) is 3.44. The number of benzene rings is 1. The van der Waals surface area contributed by atoms with E-state index in [1.165, 1.54) is 0 Å². The van der Waals surface area contributed by atoms with Crippen molar-refractivity contribution in [3.63, 3.8) is 0 Å². The highest BCUT2D eigenvalue weighted by Crippen LogP contribution is 2.27. The van der Waals surface area contributed by atoms with E-state index < -0.39 is 0 Å². The molecular formula is C15H17BrN2O. The fraction of sp³-hybridized carbons (Fsp3) is 0.267. The van der Waals surface area contributed by atoms with Crippen molar-refractivity contribution in [3.05, 3.63) is 57.8 Å². The van der Waals surface area contributed by atoms with Crippen LogP contribution in [0.15, 0.2) is 41.1 Å². The van der Waals surface area contributed by atoms with Crippen molar-refractivity contribution in [1.29, 1.82) is 0 Å². The minimum absolute atomic E-state index is 0.105. The molecule has 4 heteroatoms. The van der Waals surface area contributed by atoms with Gasteiger partial charge < -0.3 is 10.5 Å². The van der Waals surface area contributed by atoms with E-state index in [0.29, 0.717) is 0 Å². The number of nitrogens with zero attached hydrogens (tertiary/aromatic N) is 1. The van der Waals surface area contributed by atoms with Gasteiger partial charge in [0.25, 0.3) is 0 Å². The van der Waals surface area contributed by atoms with Crippen LogP contribution in [0.4, 0.5) is 0 Å². The first-order chi connectivity index (χ1) is 9.10. The summed E-state index contributed by atoms with van der Waals surface area (Å²) < 4.78 is 6.37. The zero-order valence-corrected chi connectivity index (χ0v) is 12.6. The fourth-order valence-electron chi connectivity index (χ4n) is 2.06. The van der Waals surface area contributed by atoms with Gasteiger partial charge in [0.1, 0.15) is 5.75 Å². The lowest BCUT2D eigenvalue weighted by Crippen LogP contribution is -2.14. The summed E-state index contributed by atoms with van der Waals surface area (Å²) in [7, 11) is 1.67. The third-order valence-electron chi connectivity index (χ3n) is 3.01. The Morgan fingerprint density at radius 3 is 2.79 bits per heavy atom. The molecule has 2 rings (SSSR count). The summed E-state index contributed by atoms with van der Waals surface area (Å²) in [6.07, 6.45) is 4.33. The summed E-state index contributed by atoms with van der Waals surface area (Å²) >= 11 is 3.42. The van der Waals surface area contributed by atoms with Crippen LogP contribution in [-0.4, -0.2) is 12.1 Å². The van der Waals surface area contributed by atoms with E-state index >= 15 is 0 Å². The minimum atomic E-state index is -0.105. The van der Waals surface area contributed by atoms with Crippen molar-refractivity contribution in [3.8, 4) is 5.75 Å². The summed E-state index contributed by atoms with van der Waals surface area (Å²) in [5.41, 5.74) is 9.57. The molecule has 100 valence electrons. The Labute approximate surface area is 121 Å². The minimum Gasteiger partial charge on any atom is -0.496 e. The van der Waals surface area contributed by atoms with E-state index in [2.05, 4.69) is 27.0 Å². The molecule has 1 atom stereocenters. The molecule has 1 aromatic heterocycles. The van der Waals surface area contributed by atoms with Crippen LogP contribution < -0.4 is 10.5 Å². The highest BCUT2D eigenvalue weighted by molar-refractivity contribution is 9.10. The lowest BCUT2D eigenvalue weighted by molar-refractivity contribution is 0.405. The van der Waals surface area contributed by atoms with Gasteiger partial charge >= 0.3 is 0 Å². The number of aromatic nitrogens is 1. The van der Waals surface area contributed by atoms with Gasteiger partial charge in [-0.15, -0.1) is 0 Å². The van der Waals surface area contributed by atoms with Crippen molar-refractivity contribution >= 4 is 15.9 Å². The number of ether oxygens (including phenoxy) is 1. The number of aryl methyl sites for hydroxylation is 1. The number of hydrogen-bond donors (Lipinski definition) is 1. The van der Waals surface area contributed by atoms with Gasteiger partial charge in [0.05, 0.1) is 7.11 Å². The van der Waals surface area contributed by atoms with Crippen LogP contribution in [0.2, 0.25) is 0 Å². The molecule has 0 aliphatic rings. The normalized spacial score (nSPS) is 12.2. The van der Waals surface area contributed by atoms with Crippen molar-refractivity contribution in [2.24, 2.45) is 5.73 Å². The van der Waals surface area contributed by atoms with Crippen molar-refractivity contribution in [1.82, 2.24) is 4.98 Å². The lowest BCUT2D eigenvalue weighted by atomic mass is 9.99. The number of pyridine rings is 1. The molecular weight excluding hydrogens is 304 g/mol. The maximum Gasteiger partial charge on any atom is 0.123 e. The van der Waals surface area contributed by atoms with Crippen molar-refractivity contribution in [2.75, 3.05) is 7.11 Å². The van der Waals surface area contributed by atoms with E-state index in [9.17, 15) is 0 Å². The van der Waals surface area contributed by atoms with Gasteiger partial charge in [-0.1, -0.05) is 12.1 Å². The Morgan fingerprint density at radius 2 is 2.11 bits per heavy atom. The molecule has 0 fully saturated rings. The van der Waals surface area contributed by atoms with Gasteiger partial charge in [-0.05, 0) is 52.5 Å². The first-order valence-corrected chi connectivity index (χ1v) is 6.89. The van der Waals surface area contributed by atoms with Crippen LogP contribution in [0.5, 0.6) is 5.75 Å². The first kappa shape index (κ1) is 14.0. The lowest BCUT2D eigenvalue weighted by Gasteiger charge is -2.16. The molecule has 0 bridgehead atoms. The molecule has 1 unspecified atom stereocenters. The molecule has 2 N–H and O–H groups in total. The Kier molecular flexibility index (Phi) is 4.56. The first-order valence-electron chi connectivity index (χ1n) is 6.09. The monoisotopic (exact) mass is 320 g/mol. The summed E-state index contributed by atoms with van der Waals surface area (Å²) in [6.45, 7) is 2.04. The van der Waals surface area contributed by atoms with Gasteiger partial charge in [0.15, 0.2) is 0 Å². The van der Waals surface area contributed by atoms with E-state index in [0.717, 1.165) is 33.3 Å². The van der Waals surface area contributed by atoms with Crippen molar-refractivity contribution < 1.29 is 4.74 Å². The zero-order chi connectivity index (χ0) is 13.8. The molecule has 0 spiro atoms. The van der Waals surface area contributed by atoms with Crippen LogP contribution in [0.25, 0.3) is 0 Å². The van der Waals surface area contributed by atoms with Gasteiger partial charge in [0, 0.05) is 28.5 Å². The number of nitrogens with two attached hydrogens (primary N) is 1. The van der Waals surface area contributed by atoms with Crippen LogP contribution in [0.1, 0.15) is 22.7 Å². The average molecular weight is 321 g/mol. The molecule has 1 heterocycles. The predicted octanol–water partition coefficient (Wildman–Crippen LogP) is 3.40. The van der Waals surface area contributed by atoms with E-state index in [1.807, 2.05) is 31.3 Å². The van der Waals surface area contributed by atoms with Crippen LogP contribution in [-0.2, 0) is 6.42 Å². The Bertz CT molecular complexity index is 572. The topological polar surface area (TPSA) is 48.1 Å². The molecule has 0 aliphatic carbocycles. The molecule has 3 nitrogen and oxygen atoms in total. The summed E-state index contributed by atoms with van der Waals surface area (Å²) in [4.78, 5) is 4.15. The van der Waals surface area contributed by atoms with Gasteiger partial charge in [0.2, 0.25) is 0 Å². The van der Waals surface area contributed by atoms with Crippen LogP contribution >= 0.6 is 15.9 Å². The highest BCUT2D eigenvalue weighted by Gasteiger charge is 2.13. The quantitative estimate of drug-likeness (QED) is 0.939. The number of halogens is 1. The number of rotatable bonds is 4. The number of hydrogen-bond acceptors (Lipinski definition) is 3. The standard InChI is InChI=1S/C15H17BrN2O/c1-10-3-4-13(15(5-10)19-2)14(17)7-11-6-12(16)9-18-8-11/h3-6,8-9,14H,7,17H2,1-2H3. The third kappa shape index (κ3) is 3.55. The molecule has 1 aromatic carbocycles. The molecule has 0 amide bonds. The molecule has 0 aliphatic heterocycles. The molecule has 19 heavy (non-hydrogen) atoms. The fourth-order valence-corrected chi connectivity index (χ4v) is 2.47. The largest absolute Gasteiger partial charge is 0.496 e. The van der Waals surface area contributed by atoms with Gasteiger partial charge in [-0.3, -0.25) is 4.98 Å². The molecule has 0 saturated carbocycles. The second kappa shape index (κ2) is 6.17. The van der Waals surface area contributed by atoms with Gasteiger partial charge in [-0.25, -0.2) is 0 Å². The second-order valence-electron chi connectivity index (χ2n) is 4.57. The van der Waals surface area contributed by atoms with Crippen LogP contribution in [0, 0.1) is 6.92 Å². The molecule has 0 saturated heterocycles. The summed E-state index contributed by atoms with van der Waals surface area (Å²) in [5, 5.41) is 0. The van der Waals surface area contributed by atoms with E-state index in [-0.39, 0.29) is 6.04 Å². The SMILES string of the molecule is COc1cc(C)ccc1C(N)Cc1cncc(Br)c1.